The number of hydrogen-bond acceptors (Lipinski definition) is 3. The molecular weight excluding hydrogens is 513 g/mol. The fourth-order valence-electron chi connectivity index (χ4n) is 9.59. The molecule has 0 aromatic rings. The van der Waals surface area contributed by atoms with Crippen molar-refractivity contribution in [2.24, 2.45) is 52.2 Å². The SMILES string of the molecule is [2H][C@]1(C)CC[C@@]2(C)C(=C[C@@H](O[Si](C)(C)C)[C@H]3[C@@H]4CC[C@H]([C@H](C)CCC[C@@H](C)C(=O)O[Si](C)(C)C)[C@@]4(C)CC[C@@H]32)C1. The summed E-state index contributed by atoms with van der Waals surface area (Å²) >= 11 is 0. The van der Waals surface area contributed by atoms with E-state index < -0.39 is 16.6 Å². The Morgan fingerprint density at radius 2 is 1.69 bits per heavy atom. The summed E-state index contributed by atoms with van der Waals surface area (Å²) < 4.78 is 21.7. The first-order valence-electron chi connectivity index (χ1n) is 16.9. The van der Waals surface area contributed by atoms with Crippen LogP contribution in [-0.4, -0.2) is 28.7 Å². The molecule has 4 rings (SSSR count). The number of hydrogen-bond donors (Lipinski definition) is 0. The number of carbonyl (C=O) groups is 1. The Morgan fingerprint density at radius 3 is 2.33 bits per heavy atom. The van der Waals surface area contributed by atoms with Crippen molar-refractivity contribution in [3.63, 3.8) is 0 Å². The van der Waals surface area contributed by atoms with E-state index in [2.05, 4.69) is 80.0 Å². The van der Waals surface area contributed by atoms with Crippen LogP contribution in [-0.2, 0) is 13.6 Å². The van der Waals surface area contributed by atoms with Crippen LogP contribution in [0.4, 0.5) is 0 Å². The van der Waals surface area contributed by atoms with Crippen molar-refractivity contribution >= 4 is 22.6 Å². The Kier molecular flexibility index (Phi) is 8.76. The molecule has 0 radical (unpaired) electrons. The molecule has 0 N–H and O–H groups in total. The van der Waals surface area contributed by atoms with Gasteiger partial charge in [-0.15, -0.1) is 0 Å². The van der Waals surface area contributed by atoms with Crippen LogP contribution in [0.2, 0.25) is 39.3 Å². The van der Waals surface area contributed by atoms with Crippen molar-refractivity contribution in [1.82, 2.24) is 0 Å². The highest BCUT2D eigenvalue weighted by Gasteiger charge is 2.61. The molecule has 0 aliphatic heterocycles. The summed E-state index contributed by atoms with van der Waals surface area (Å²) in [5, 5.41) is 0. The average Bonchev–Trinajstić information content (AvgIpc) is 3.15. The van der Waals surface area contributed by atoms with Crippen molar-refractivity contribution in [2.45, 2.75) is 144 Å². The van der Waals surface area contributed by atoms with Crippen LogP contribution in [0.1, 0.15) is 100 Å². The van der Waals surface area contributed by atoms with Crippen molar-refractivity contribution in [3.8, 4) is 0 Å². The third-order valence-electron chi connectivity index (χ3n) is 11.5. The highest BCUT2D eigenvalue weighted by Crippen LogP contribution is 2.68. The maximum atomic E-state index is 12.5. The molecule has 0 amide bonds. The summed E-state index contributed by atoms with van der Waals surface area (Å²) in [6.07, 6.45) is 14.5. The lowest BCUT2D eigenvalue weighted by molar-refractivity contribution is -0.139. The Labute approximate surface area is 245 Å². The van der Waals surface area contributed by atoms with Crippen LogP contribution in [0.25, 0.3) is 0 Å². The van der Waals surface area contributed by atoms with E-state index in [4.69, 9.17) is 10.2 Å². The minimum Gasteiger partial charge on any atom is -0.520 e. The van der Waals surface area contributed by atoms with Gasteiger partial charge in [-0.25, -0.2) is 0 Å². The smallest absolute Gasteiger partial charge is 0.295 e. The van der Waals surface area contributed by atoms with Gasteiger partial charge in [0.2, 0.25) is 8.32 Å². The van der Waals surface area contributed by atoms with Crippen LogP contribution in [0.15, 0.2) is 11.6 Å². The monoisotopic (exact) mass is 575 g/mol. The van der Waals surface area contributed by atoms with Gasteiger partial charge in [-0.1, -0.05) is 59.1 Å². The lowest BCUT2D eigenvalue weighted by Crippen LogP contribution is -2.56. The van der Waals surface area contributed by atoms with Crippen molar-refractivity contribution in [1.29, 1.82) is 0 Å². The van der Waals surface area contributed by atoms with E-state index in [9.17, 15) is 4.79 Å². The fourth-order valence-corrected chi connectivity index (χ4v) is 11.4. The van der Waals surface area contributed by atoms with Gasteiger partial charge in [-0.3, -0.25) is 4.79 Å². The third kappa shape index (κ3) is 6.66. The molecule has 0 heterocycles. The van der Waals surface area contributed by atoms with Crippen LogP contribution in [0.3, 0.4) is 0 Å². The molecule has 224 valence electrons. The van der Waals surface area contributed by atoms with Crippen LogP contribution in [0.5, 0.6) is 0 Å². The van der Waals surface area contributed by atoms with Gasteiger partial charge in [-0.05, 0) is 137 Å². The lowest BCUT2D eigenvalue weighted by Gasteiger charge is -2.60. The minimum atomic E-state index is -1.82. The highest BCUT2D eigenvalue weighted by atomic mass is 28.4. The van der Waals surface area contributed by atoms with E-state index >= 15 is 0 Å². The van der Waals surface area contributed by atoms with Crippen molar-refractivity contribution < 1.29 is 15.0 Å². The molecule has 0 saturated heterocycles. The second-order valence-electron chi connectivity index (χ2n) is 16.8. The Balaban J connectivity index is 1.50. The predicted molar refractivity (Wildman–Crippen MR) is 170 cm³/mol. The Morgan fingerprint density at radius 1 is 1.00 bits per heavy atom. The molecule has 3 saturated carbocycles. The standard InChI is InChI=1S/C34H62O3Si2/c1-23-17-19-33(4)26(21-23)22-30(36-38(6,7)8)31-28-16-15-27(34(28,5)20-18-29(31)33)24(2)13-12-14-25(3)32(35)37-39(9,10)11/h22-25,27-31H,12-21H2,1-11H3/t23-,24+,25+,27+,28-,29-,30+,31-,33-,34+/m0/s1/i23D. The molecule has 0 bridgehead atoms. The summed E-state index contributed by atoms with van der Waals surface area (Å²) in [5.41, 5.74) is 2.18. The molecule has 10 atom stereocenters. The molecule has 4 aliphatic carbocycles. The molecule has 3 nitrogen and oxygen atoms in total. The van der Waals surface area contributed by atoms with E-state index in [0.717, 1.165) is 37.5 Å². The molecule has 3 fully saturated rings. The molecule has 39 heavy (non-hydrogen) atoms. The molecule has 0 spiro atoms. The van der Waals surface area contributed by atoms with Gasteiger partial charge in [0.15, 0.2) is 8.32 Å². The minimum absolute atomic E-state index is 0.00536. The van der Waals surface area contributed by atoms with Gasteiger partial charge in [0, 0.05) is 1.37 Å². The first-order chi connectivity index (χ1) is 18.3. The van der Waals surface area contributed by atoms with Crippen LogP contribution >= 0.6 is 0 Å². The second-order valence-corrected chi connectivity index (χ2v) is 25.7. The van der Waals surface area contributed by atoms with Gasteiger partial charge in [-0.2, -0.15) is 0 Å². The van der Waals surface area contributed by atoms with Gasteiger partial charge in [0.25, 0.3) is 5.97 Å². The Bertz CT molecular complexity index is 965. The van der Waals surface area contributed by atoms with Crippen molar-refractivity contribution in [3.05, 3.63) is 11.6 Å². The first-order valence-corrected chi connectivity index (χ1v) is 23.2. The molecule has 0 aromatic heterocycles. The maximum Gasteiger partial charge on any atom is 0.295 e. The van der Waals surface area contributed by atoms with Crippen LogP contribution < -0.4 is 0 Å². The van der Waals surface area contributed by atoms with E-state index in [1.165, 1.54) is 38.5 Å². The number of carbonyl (C=O) groups excluding carboxylic acids is 1. The van der Waals surface area contributed by atoms with Crippen LogP contribution in [0, 0.1) is 52.2 Å². The molecule has 0 unspecified atom stereocenters. The summed E-state index contributed by atoms with van der Waals surface area (Å²) in [4.78, 5) is 12.5. The van der Waals surface area contributed by atoms with E-state index in [1.54, 1.807) is 5.57 Å². The zero-order valence-electron chi connectivity index (χ0n) is 28.4. The number of allylic oxidation sites excluding steroid dienone is 1. The largest absolute Gasteiger partial charge is 0.520 e. The van der Waals surface area contributed by atoms with Crippen molar-refractivity contribution in [2.75, 3.05) is 0 Å². The van der Waals surface area contributed by atoms with Gasteiger partial charge in [0.05, 0.1) is 12.0 Å². The first kappa shape index (κ1) is 30.1. The quantitative estimate of drug-likeness (QED) is 0.203. The zero-order chi connectivity index (χ0) is 29.9. The number of fused-ring (bicyclic) bond motifs is 5. The molecule has 4 aliphatic rings. The topological polar surface area (TPSA) is 35.5 Å². The summed E-state index contributed by atoms with van der Waals surface area (Å²) in [5.74, 6) is 3.16. The Hall–Kier alpha value is -0.396. The third-order valence-corrected chi connectivity index (χ3v) is 13.3. The zero-order valence-corrected chi connectivity index (χ0v) is 29.4. The van der Waals surface area contributed by atoms with Gasteiger partial charge in [0.1, 0.15) is 0 Å². The number of rotatable bonds is 9. The normalized spacial score (nSPS) is 42.4. The molecular formula is C34H62O3Si2. The van der Waals surface area contributed by atoms with Gasteiger partial charge >= 0.3 is 0 Å². The molecule has 0 aromatic carbocycles. The highest BCUT2D eigenvalue weighted by molar-refractivity contribution is 6.71. The average molecular weight is 576 g/mol. The predicted octanol–water partition coefficient (Wildman–Crippen LogP) is 9.85. The summed E-state index contributed by atoms with van der Waals surface area (Å²) in [7, 11) is -3.55. The van der Waals surface area contributed by atoms with E-state index in [0.29, 0.717) is 23.2 Å². The van der Waals surface area contributed by atoms with Gasteiger partial charge < -0.3 is 8.85 Å². The second kappa shape index (κ2) is 11.4. The lowest BCUT2D eigenvalue weighted by atomic mass is 9.46. The van der Waals surface area contributed by atoms with E-state index in [1.807, 2.05) is 0 Å². The summed E-state index contributed by atoms with van der Waals surface area (Å²) in [6, 6.07) is 0. The maximum absolute atomic E-state index is 12.5. The summed E-state index contributed by atoms with van der Waals surface area (Å²) in [6.45, 7) is 25.2. The molecule has 5 heteroatoms. The van der Waals surface area contributed by atoms with E-state index in [-0.39, 0.29) is 29.3 Å². The fraction of sp³-hybridized carbons (Fsp3) is 0.912.